The van der Waals surface area contributed by atoms with Crippen LogP contribution in [0, 0.1) is 5.82 Å². The van der Waals surface area contributed by atoms with Gasteiger partial charge in [0, 0.05) is 10.6 Å². The van der Waals surface area contributed by atoms with Crippen molar-refractivity contribution in [3.8, 4) is 0 Å². The van der Waals surface area contributed by atoms with E-state index in [1.807, 2.05) is 0 Å². The Bertz CT molecular complexity index is 984. The van der Waals surface area contributed by atoms with E-state index in [-0.39, 0.29) is 22.9 Å². The molecule has 10 heteroatoms. The highest BCUT2D eigenvalue weighted by molar-refractivity contribution is 6.36. The van der Waals surface area contributed by atoms with Gasteiger partial charge >= 0.3 is 0 Å². The van der Waals surface area contributed by atoms with Gasteiger partial charge in [-0.2, -0.15) is 0 Å². The molecule has 0 saturated heterocycles. The largest absolute Gasteiger partial charge is 0.393 e. The van der Waals surface area contributed by atoms with Gasteiger partial charge in [0.15, 0.2) is 11.6 Å². The van der Waals surface area contributed by atoms with Crippen molar-refractivity contribution < 1.29 is 9.18 Å². The summed E-state index contributed by atoms with van der Waals surface area (Å²) in [5, 5.41) is 3.85. The van der Waals surface area contributed by atoms with E-state index in [9.17, 15) is 9.18 Å². The normalized spacial score (nSPS) is 10.3. The van der Waals surface area contributed by atoms with Crippen molar-refractivity contribution in [3.05, 3.63) is 70.2 Å². The maximum atomic E-state index is 12.9. The predicted molar refractivity (Wildman–Crippen MR) is 104 cm³/mol. The second kappa shape index (κ2) is 8.07. The van der Waals surface area contributed by atoms with Crippen molar-refractivity contribution in [3.63, 3.8) is 0 Å². The summed E-state index contributed by atoms with van der Waals surface area (Å²) in [6.07, 6.45) is 1.26. The standard InChI is InChI=1S/C17H13Cl2FN6O/c18-10-3-6-13(12(19)7-10)24-15-14(21)16(23-8-22-15)25-26-17(27)9-1-4-11(20)5-2-9/h1-8H,21H2,(H,26,27)(H2,22,23,24,25). The monoisotopic (exact) mass is 406 g/mol. The number of hydrazine groups is 1. The minimum atomic E-state index is -0.483. The number of rotatable bonds is 5. The van der Waals surface area contributed by atoms with E-state index in [0.717, 1.165) is 0 Å². The maximum absolute atomic E-state index is 12.9. The molecule has 1 heterocycles. The molecule has 0 aliphatic rings. The Hall–Kier alpha value is -3.10. The first-order valence-electron chi connectivity index (χ1n) is 7.58. The highest BCUT2D eigenvalue weighted by atomic mass is 35.5. The number of hydrogen-bond donors (Lipinski definition) is 4. The van der Waals surface area contributed by atoms with Gasteiger partial charge in [-0.25, -0.2) is 14.4 Å². The summed E-state index contributed by atoms with van der Waals surface area (Å²) in [5.74, 6) is -0.458. The van der Waals surface area contributed by atoms with E-state index >= 15 is 0 Å². The third-order valence-electron chi connectivity index (χ3n) is 3.47. The average molecular weight is 407 g/mol. The smallest absolute Gasteiger partial charge is 0.269 e. The zero-order valence-electron chi connectivity index (χ0n) is 13.6. The second-order valence-electron chi connectivity index (χ2n) is 5.32. The zero-order valence-corrected chi connectivity index (χ0v) is 15.1. The van der Waals surface area contributed by atoms with Crippen molar-refractivity contribution in [2.45, 2.75) is 0 Å². The van der Waals surface area contributed by atoms with Crippen LogP contribution in [0.3, 0.4) is 0 Å². The minimum absolute atomic E-state index is 0.155. The summed E-state index contributed by atoms with van der Waals surface area (Å²) < 4.78 is 12.9. The van der Waals surface area contributed by atoms with Crippen molar-refractivity contribution in [1.82, 2.24) is 15.4 Å². The molecule has 0 aliphatic heterocycles. The number of halogens is 3. The van der Waals surface area contributed by atoms with Crippen molar-refractivity contribution in [1.29, 1.82) is 0 Å². The van der Waals surface area contributed by atoms with Crippen molar-refractivity contribution >= 4 is 52.1 Å². The number of nitrogen functional groups attached to an aromatic ring is 1. The molecular weight excluding hydrogens is 394 g/mol. The summed E-state index contributed by atoms with van der Waals surface area (Å²) in [6, 6.07) is 9.99. The number of anilines is 4. The summed E-state index contributed by atoms with van der Waals surface area (Å²) >= 11 is 12.0. The Morgan fingerprint density at radius 2 is 1.74 bits per heavy atom. The quantitative estimate of drug-likeness (QED) is 0.477. The lowest BCUT2D eigenvalue weighted by Crippen LogP contribution is -2.30. The van der Waals surface area contributed by atoms with Gasteiger partial charge in [0.1, 0.15) is 17.8 Å². The summed E-state index contributed by atoms with van der Waals surface area (Å²) in [5.41, 5.74) is 12.1. The molecule has 2 aromatic carbocycles. The molecule has 0 radical (unpaired) electrons. The number of nitrogens with two attached hydrogens (primary N) is 1. The number of benzene rings is 2. The molecule has 0 spiro atoms. The van der Waals surface area contributed by atoms with E-state index < -0.39 is 11.7 Å². The highest BCUT2D eigenvalue weighted by Crippen LogP contribution is 2.31. The molecule has 1 amide bonds. The average Bonchev–Trinajstić information content (AvgIpc) is 2.65. The molecule has 0 aliphatic carbocycles. The first-order chi connectivity index (χ1) is 12.9. The minimum Gasteiger partial charge on any atom is -0.393 e. The fourth-order valence-electron chi connectivity index (χ4n) is 2.10. The molecule has 1 aromatic heterocycles. The van der Waals surface area contributed by atoms with Gasteiger partial charge < -0.3 is 11.1 Å². The SMILES string of the molecule is Nc1c(NNC(=O)c2ccc(F)cc2)ncnc1Nc1ccc(Cl)cc1Cl. The lowest BCUT2D eigenvalue weighted by atomic mass is 10.2. The molecule has 0 bridgehead atoms. The number of hydrogen-bond acceptors (Lipinski definition) is 6. The Balaban J connectivity index is 1.72. The fraction of sp³-hybridized carbons (Fsp3) is 0. The van der Waals surface area contributed by atoms with Crippen LogP contribution in [0.25, 0.3) is 0 Å². The highest BCUT2D eigenvalue weighted by Gasteiger charge is 2.12. The van der Waals surface area contributed by atoms with Crippen molar-refractivity contribution in [2.24, 2.45) is 0 Å². The number of nitrogens with one attached hydrogen (secondary N) is 3. The molecule has 138 valence electrons. The van der Waals surface area contributed by atoms with E-state index in [2.05, 4.69) is 26.1 Å². The van der Waals surface area contributed by atoms with Crippen LogP contribution in [0.4, 0.5) is 27.4 Å². The van der Waals surface area contributed by atoms with Gasteiger partial charge in [-0.1, -0.05) is 23.2 Å². The molecular formula is C17H13Cl2FN6O. The topological polar surface area (TPSA) is 105 Å². The lowest BCUT2D eigenvalue weighted by Gasteiger charge is -2.14. The first kappa shape index (κ1) is 18.7. The number of amides is 1. The van der Waals surface area contributed by atoms with Crippen LogP contribution >= 0.6 is 23.2 Å². The summed E-state index contributed by atoms with van der Waals surface area (Å²) in [6.45, 7) is 0. The van der Waals surface area contributed by atoms with Gasteiger partial charge in [-0.05, 0) is 42.5 Å². The predicted octanol–water partition coefficient (Wildman–Crippen LogP) is 4.01. The Morgan fingerprint density at radius 3 is 2.44 bits per heavy atom. The van der Waals surface area contributed by atoms with Crippen LogP contribution in [0.2, 0.25) is 10.0 Å². The molecule has 5 N–H and O–H groups in total. The van der Waals surface area contributed by atoms with E-state index in [1.54, 1.807) is 18.2 Å². The van der Waals surface area contributed by atoms with Crippen molar-refractivity contribution in [2.75, 3.05) is 16.5 Å². The molecule has 0 unspecified atom stereocenters. The number of nitrogens with zero attached hydrogens (tertiary/aromatic N) is 2. The molecule has 3 rings (SSSR count). The van der Waals surface area contributed by atoms with E-state index in [0.29, 0.717) is 15.7 Å². The van der Waals surface area contributed by atoms with E-state index in [4.69, 9.17) is 28.9 Å². The van der Waals surface area contributed by atoms with Crippen LogP contribution in [-0.4, -0.2) is 15.9 Å². The second-order valence-corrected chi connectivity index (χ2v) is 6.16. The van der Waals surface area contributed by atoms with E-state index in [1.165, 1.54) is 30.6 Å². The van der Waals surface area contributed by atoms with Crippen LogP contribution < -0.4 is 21.9 Å². The molecule has 3 aromatic rings. The van der Waals surface area contributed by atoms with Gasteiger partial charge in [0.05, 0.1) is 10.7 Å². The molecule has 0 fully saturated rings. The Morgan fingerprint density at radius 1 is 1.04 bits per heavy atom. The fourth-order valence-corrected chi connectivity index (χ4v) is 2.56. The zero-order chi connectivity index (χ0) is 19.4. The molecule has 0 atom stereocenters. The van der Waals surface area contributed by atoms with Crippen LogP contribution in [0.15, 0.2) is 48.8 Å². The third kappa shape index (κ3) is 4.55. The number of carbonyl (C=O) groups is 1. The molecule has 0 saturated carbocycles. The lowest BCUT2D eigenvalue weighted by molar-refractivity contribution is 0.0962. The summed E-state index contributed by atoms with van der Waals surface area (Å²) in [7, 11) is 0. The van der Waals surface area contributed by atoms with Gasteiger partial charge in [0.2, 0.25) is 0 Å². The Labute approximate surface area is 163 Å². The first-order valence-corrected chi connectivity index (χ1v) is 8.34. The number of carbonyl (C=O) groups excluding carboxylic acids is 1. The molecule has 27 heavy (non-hydrogen) atoms. The Kier molecular flexibility index (Phi) is 5.58. The number of aromatic nitrogens is 2. The van der Waals surface area contributed by atoms with Gasteiger partial charge in [-0.3, -0.25) is 15.6 Å². The maximum Gasteiger partial charge on any atom is 0.269 e. The molecule has 7 nitrogen and oxygen atoms in total. The van der Waals surface area contributed by atoms with Crippen LogP contribution in [-0.2, 0) is 0 Å². The summed E-state index contributed by atoms with van der Waals surface area (Å²) in [4.78, 5) is 20.1. The van der Waals surface area contributed by atoms with Gasteiger partial charge in [-0.15, -0.1) is 0 Å². The van der Waals surface area contributed by atoms with Gasteiger partial charge in [0.25, 0.3) is 5.91 Å². The van der Waals surface area contributed by atoms with Crippen LogP contribution in [0.5, 0.6) is 0 Å². The van der Waals surface area contributed by atoms with Crippen LogP contribution in [0.1, 0.15) is 10.4 Å². The third-order valence-corrected chi connectivity index (χ3v) is 4.02.